The third-order valence-corrected chi connectivity index (χ3v) is 4.22. The van der Waals surface area contributed by atoms with Crippen molar-refractivity contribution in [2.75, 3.05) is 6.61 Å². The predicted molar refractivity (Wildman–Crippen MR) is 84.1 cm³/mol. The molecule has 2 heterocycles. The minimum absolute atomic E-state index is 0.0338. The minimum atomic E-state index is -0.692. The number of fused-ring (bicyclic) bond motifs is 3. The molecule has 3 rings (SSSR count). The van der Waals surface area contributed by atoms with Crippen molar-refractivity contribution >= 4 is 34.2 Å². The number of carbonyl (C=O) groups is 1. The summed E-state index contributed by atoms with van der Waals surface area (Å²) in [6, 6.07) is 2.55. The van der Waals surface area contributed by atoms with E-state index < -0.39 is 16.3 Å². The first-order chi connectivity index (χ1) is 11.0. The van der Waals surface area contributed by atoms with Gasteiger partial charge in [0.15, 0.2) is 0 Å². The fourth-order valence-electron chi connectivity index (χ4n) is 2.98. The molecule has 120 valence electrons. The molecular weight excluding hydrogens is 324 g/mol. The van der Waals surface area contributed by atoms with Gasteiger partial charge in [-0.25, -0.2) is 4.79 Å². The number of hydrogen-bond acceptors (Lipinski definition) is 5. The van der Waals surface area contributed by atoms with E-state index in [0.717, 1.165) is 12.5 Å². The number of nitrogens with zero attached hydrogens (tertiary/aromatic N) is 2. The van der Waals surface area contributed by atoms with E-state index in [1.807, 2.05) is 4.57 Å². The Balaban J connectivity index is 2.41. The topological polar surface area (TPSA) is 91.4 Å². The van der Waals surface area contributed by atoms with E-state index >= 15 is 0 Å². The molecule has 1 aromatic carbocycles. The van der Waals surface area contributed by atoms with Crippen LogP contribution < -0.4 is 5.43 Å². The SMILES string of the molecule is CCOC(=O)c1c2n(c3cc(Cl)c([N+](=O)[O-])cc3c1=O)CCC2. The van der Waals surface area contributed by atoms with Crippen LogP contribution >= 0.6 is 11.6 Å². The second-order valence-corrected chi connectivity index (χ2v) is 5.61. The molecular formula is C15H13ClN2O5. The van der Waals surface area contributed by atoms with Crippen molar-refractivity contribution in [3.63, 3.8) is 0 Å². The van der Waals surface area contributed by atoms with Crippen molar-refractivity contribution in [3.05, 3.63) is 48.8 Å². The molecule has 0 saturated carbocycles. The maximum absolute atomic E-state index is 12.7. The fourth-order valence-corrected chi connectivity index (χ4v) is 3.20. The minimum Gasteiger partial charge on any atom is -0.462 e. The molecule has 0 bridgehead atoms. The van der Waals surface area contributed by atoms with Gasteiger partial charge in [-0.3, -0.25) is 14.9 Å². The Bertz CT molecular complexity index is 903. The van der Waals surface area contributed by atoms with Crippen molar-refractivity contribution < 1.29 is 14.5 Å². The van der Waals surface area contributed by atoms with Crippen LogP contribution in [0.2, 0.25) is 5.02 Å². The van der Waals surface area contributed by atoms with Crippen molar-refractivity contribution in [2.45, 2.75) is 26.3 Å². The van der Waals surface area contributed by atoms with Crippen LogP contribution in [0.1, 0.15) is 29.4 Å². The number of ether oxygens (including phenoxy) is 1. The lowest BCUT2D eigenvalue weighted by atomic mass is 10.1. The van der Waals surface area contributed by atoms with Gasteiger partial charge < -0.3 is 9.30 Å². The number of nitro groups is 1. The largest absolute Gasteiger partial charge is 0.462 e. The summed E-state index contributed by atoms with van der Waals surface area (Å²) >= 11 is 5.96. The van der Waals surface area contributed by atoms with Gasteiger partial charge in [0.25, 0.3) is 5.69 Å². The highest BCUT2D eigenvalue weighted by molar-refractivity contribution is 6.33. The average molecular weight is 337 g/mol. The van der Waals surface area contributed by atoms with Gasteiger partial charge >= 0.3 is 5.97 Å². The second kappa shape index (κ2) is 5.66. The lowest BCUT2D eigenvalue weighted by Crippen LogP contribution is -2.23. The zero-order valence-corrected chi connectivity index (χ0v) is 13.1. The summed E-state index contributed by atoms with van der Waals surface area (Å²) in [6.45, 7) is 2.42. The predicted octanol–water partition coefficient (Wildman–Crippen LogP) is 2.69. The molecule has 0 radical (unpaired) electrons. The Morgan fingerprint density at radius 2 is 2.22 bits per heavy atom. The van der Waals surface area contributed by atoms with E-state index in [9.17, 15) is 19.7 Å². The molecule has 2 aromatic rings. The molecule has 0 atom stereocenters. The lowest BCUT2D eigenvalue weighted by molar-refractivity contribution is -0.384. The summed E-state index contributed by atoms with van der Waals surface area (Å²) in [5.74, 6) is -0.692. The molecule has 0 fully saturated rings. The van der Waals surface area contributed by atoms with Crippen LogP contribution in [0.15, 0.2) is 16.9 Å². The van der Waals surface area contributed by atoms with Crippen LogP contribution in [0.4, 0.5) is 5.69 Å². The van der Waals surface area contributed by atoms with Gasteiger partial charge in [0, 0.05) is 18.3 Å². The molecule has 0 saturated heterocycles. The van der Waals surface area contributed by atoms with Crippen LogP contribution in [0.25, 0.3) is 10.9 Å². The van der Waals surface area contributed by atoms with Gasteiger partial charge in [-0.15, -0.1) is 0 Å². The van der Waals surface area contributed by atoms with Crippen LogP contribution in [-0.2, 0) is 17.7 Å². The smallest absolute Gasteiger partial charge is 0.343 e. The van der Waals surface area contributed by atoms with E-state index in [1.165, 1.54) is 6.07 Å². The first-order valence-corrected chi connectivity index (χ1v) is 7.54. The molecule has 0 amide bonds. The van der Waals surface area contributed by atoms with Crippen molar-refractivity contribution in [1.29, 1.82) is 0 Å². The summed E-state index contributed by atoms with van der Waals surface area (Å²) in [5.41, 5.74) is 0.168. The number of aryl methyl sites for hydroxylation is 1. The number of nitro benzene ring substituents is 1. The van der Waals surface area contributed by atoms with Crippen LogP contribution in [-0.4, -0.2) is 22.1 Å². The summed E-state index contributed by atoms with van der Waals surface area (Å²) in [7, 11) is 0. The summed E-state index contributed by atoms with van der Waals surface area (Å²) < 4.78 is 6.79. The van der Waals surface area contributed by atoms with E-state index in [0.29, 0.717) is 24.2 Å². The number of benzene rings is 1. The van der Waals surface area contributed by atoms with Gasteiger partial charge in [0.2, 0.25) is 5.43 Å². The molecule has 23 heavy (non-hydrogen) atoms. The number of esters is 1. The van der Waals surface area contributed by atoms with Crippen LogP contribution in [0, 0.1) is 10.1 Å². The Morgan fingerprint density at radius 3 is 2.87 bits per heavy atom. The number of rotatable bonds is 3. The van der Waals surface area contributed by atoms with Crippen LogP contribution in [0.3, 0.4) is 0 Å². The van der Waals surface area contributed by atoms with E-state index in [-0.39, 0.29) is 28.3 Å². The molecule has 0 unspecified atom stereocenters. The molecule has 1 aromatic heterocycles. The highest BCUT2D eigenvalue weighted by Crippen LogP contribution is 2.31. The number of hydrogen-bond donors (Lipinski definition) is 0. The van der Waals surface area contributed by atoms with Crippen molar-refractivity contribution in [1.82, 2.24) is 4.57 Å². The number of halogens is 1. The molecule has 8 heteroatoms. The Morgan fingerprint density at radius 1 is 1.48 bits per heavy atom. The average Bonchev–Trinajstić information content (AvgIpc) is 2.96. The van der Waals surface area contributed by atoms with Gasteiger partial charge in [0.1, 0.15) is 10.6 Å². The summed E-state index contributed by atoms with van der Waals surface area (Å²) in [6.07, 6.45) is 1.35. The van der Waals surface area contributed by atoms with Gasteiger partial charge in [-0.05, 0) is 25.8 Å². The maximum Gasteiger partial charge on any atom is 0.343 e. The lowest BCUT2D eigenvalue weighted by Gasteiger charge is -2.13. The first-order valence-electron chi connectivity index (χ1n) is 7.16. The Hall–Kier alpha value is -2.41. The number of carbonyl (C=O) groups excluding carboxylic acids is 1. The van der Waals surface area contributed by atoms with E-state index in [2.05, 4.69) is 0 Å². The highest BCUT2D eigenvalue weighted by Gasteiger charge is 2.28. The van der Waals surface area contributed by atoms with Gasteiger partial charge in [0.05, 0.1) is 22.4 Å². The van der Waals surface area contributed by atoms with Gasteiger partial charge in [-0.1, -0.05) is 11.6 Å². The monoisotopic (exact) mass is 336 g/mol. The van der Waals surface area contributed by atoms with E-state index in [4.69, 9.17) is 16.3 Å². The molecule has 1 aliphatic heterocycles. The maximum atomic E-state index is 12.7. The molecule has 7 nitrogen and oxygen atoms in total. The zero-order chi connectivity index (χ0) is 16.7. The highest BCUT2D eigenvalue weighted by atomic mass is 35.5. The molecule has 0 N–H and O–H groups in total. The quantitative estimate of drug-likeness (QED) is 0.488. The summed E-state index contributed by atoms with van der Waals surface area (Å²) in [4.78, 5) is 35.3. The third-order valence-electron chi connectivity index (χ3n) is 3.91. The van der Waals surface area contributed by atoms with Crippen LogP contribution in [0.5, 0.6) is 0 Å². The standard InChI is InChI=1S/C15H13ClN2O5/c1-2-23-15(20)13-10-4-3-5-17(10)11-7-9(16)12(18(21)22)6-8(11)14(13)19/h6-7H,2-5H2,1H3. The van der Waals surface area contributed by atoms with Gasteiger partial charge in [-0.2, -0.15) is 0 Å². The second-order valence-electron chi connectivity index (χ2n) is 5.20. The normalized spacial score (nSPS) is 13.1. The molecule has 0 spiro atoms. The zero-order valence-electron chi connectivity index (χ0n) is 12.3. The van der Waals surface area contributed by atoms with Crippen molar-refractivity contribution in [2.24, 2.45) is 0 Å². The summed E-state index contributed by atoms with van der Waals surface area (Å²) in [5, 5.41) is 11.1. The molecule has 1 aliphatic rings. The first kappa shape index (κ1) is 15.5. The Labute approximate surface area is 135 Å². The number of pyridine rings is 1. The number of aromatic nitrogens is 1. The fraction of sp³-hybridized carbons (Fsp3) is 0.333. The Kier molecular flexibility index (Phi) is 3.81. The van der Waals surface area contributed by atoms with Crippen molar-refractivity contribution in [3.8, 4) is 0 Å². The van der Waals surface area contributed by atoms with E-state index in [1.54, 1.807) is 6.92 Å². The third kappa shape index (κ3) is 2.37. The molecule has 0 aliphatic carbocycles.